The molecule has 0 saturated carbocycles. The highest BCUT2D eigenvalue weighted by Crippen LogP contribution is 2.18. The van der Waals surface area contributed by atoms with Gasteiger partial charge in [-0.2, -0.15) is 0 Å². The van der Waals surface area contributed by atoms with Crippen LogP contribution in [0, 0.1) is 5.41 Å². The number of H-pyrrole nitrogens is 1. The van der Waals surface area contributed by atoms with Gasteiger partial charge in [0.15, 0.2) is 0 Å². The van der Waals surface area contributed by atoms with E-state index in [9.17, 15) is 4.79 Å². The van der Waals surface area contributed by atoms with E-state index in [1.807, 2.05) is 30.3 Å². The first-order valence-electron chi connectivity index (χ1n) is 6.88. The van der Waals surface area contributed by atoms with Crippen molar-refractivity contribution in [1.82, 2.24) is 9.88 Å². The Morgan fingerprint density at radius 1 is 1.25 bits per heavy atom. The molecular weight excluding hydrogens is 250 g/mol. The highest BCUT2D eigenvalue weighted by atomic mass is 16.1. The lowest BCUT2D eigenvalue weighted by Crippen LogP contribution is -2.34. The number of aromatic nitrogens is 1. The molecule has 108 valence electrons. The predicted molar refractivity (Wildman–Crippen MR) is 85.4 cm³/mol. The molecule has 0 spiro atoms. The van der Waals surface area contributed by atoms with Gasteiger partial charge in [0.05, 0.1) is 0 Å². The summed E-state index contributed by atoms with van der Waals surface area (Å²) in [5.74, 6) is 0.778. The van der Waals surface area contributed by atoms with Crippen LogP contribution in [0.15, 0.2) is 35.1 Å². The summed E-state index contributed by atoms with van der Waals surface area (Å²) in [5, 5.41) is 5.03. The number of rotatable bonds is 5. The zero-order valence-electron chi connectivity index (χ0n) is 12.7. The maximum Gasteiger partial charge on any atom is 0.257 e. The van der Waals surface area contributed by atoms with E-state index in [0.29, 0.717) is 0 Å². The lowest BCUT2D eigenvalue weighted by molar-refractivity contribution is 0.254. The standard InChI is InChI=1S/C16H23N3O/c1-16(2,11-19(3)4)10-17-14-9-12-7-5-6-8-13(12)15(20)18-14/h5-9H,10-11H2,1-4H3,(H2,17,18,20). The average Bonchev–Trinajstić information content (AvgIpc) is 2.35. The minimum atomic E-state index is -0.0454. The zero-order chi connectivity index (χ0) is 14.8. The number of fused-ring (bicyclic) bond motifs is 1. The van der Waals surface area contributed by atoms with Crippen molar-refractivity contribution in [3.05, 3.63) is 40.7 Å². The first kappa shape index (κ1) is 14.6. The largest absolute Gasteiger partial charge is 0.371 e. The monoisotopic (exact) mass is 273 g/mol. The van der Waals surface area contributed by atoms with Gasteiger partial charge < -0.3 is 15.2 Å². The Morgan fingerprint density at radius 2 is 1.95 bits per heavy atom. The molecule has 0 aliphatic carbocycles. The van der Waals surface area contributed by atoms with Crippen LogP contribution in [-0.4, -0.2) is 37.1 Å². The minimum Gasteiger partial charge on any atom is -0.371 e. The molecule has 0 saturated heterocycles. The van der Waals surface area contributed by atoms with Crippen LogP contribution in [-0.2, 0) is 0 Å². The van der Waals surface area contributed by atoms with Crippen molar-refractivity contribution in [2.75, 3.05) is 32.5 Å². The fourth-order valence-corrected chi connectivity index (χ4v) is 2.55. The minimum absolute atomic E-state index is 0.0454. The fourth-order valence-electron chi connectivity index (χ4n) is 2.55. The van der Waals surface area contributed by atoms with Crippen LogP contribution in [0.25, 0.3) is 10.8 Å². The van der Waals surface area contributed by atoms with Crippen LogP contribution in [0.5, 0.6) is 0 Å². The van der Waals surface area contributed by atoms with E-state index in [1.54, 1.807) is 0 Å². The first-order valence-corrected chi connectivity index (χ1v) is 6.88. The normalized spacial score (nSPS) is 12.1. The van der Waals surface area contributed by atoms with Gasteiger partial charge in [-0.05, 0) is 37.0 Å². The summed E-state index contributed by atoms with van der Waals surface area (Å²) >= 11 is 0. The Hall–Kier alpha value is -1.81. The Bertz CT molecular complexity index is 643. The molecule has 4 nitrogen and oxygen atoms in total. The van der Waals surface area contributed by atoms with Gasteiger partial charge in [-0.1, -0.05) is 32.0 Å². The molecular formula is C16H23N3O. The van der Waals surface area contributed by atoms with E-state index in [-0.39, 0.29) is 11.0 Å². The molecule has 1 heterocycles. The molecule has 2 aromatic rings. The molecule has 0 unspecified atom stereocenters. The van der Waals surface area contributed by atoms with E-state index >= 15 is 0 Å². The summed E-state index contributed by atoms with van der Waals surface area (Å²) in [5.41, 5.74) is 0.0856. The van der Waals surface area contributed by atoms with Gasteiger partial charge in [-0.3, -0.25) is 4.79 Å². The Morgan fingerprint density at radius 3 is 2.65 bits per heavy atom. The number of nitrogens with zero attached hydrogens (tertiary/aromatic N) is 1. The van der Waals surface area contributed by atoms with Crippen LogP contribution in [0.3, 0.4) is 0 Å². The second kappa shape index (κ2) is 5.67. The number of nitrogens with one attached hydrogen (secondary N) is 2. The first-order chi connectivity index (χ1) is 9.37. The van der Waals surface area contributed by atoms with Crippen LogP contribution < -0.4 is 10.9 Å². The summed E-state index contributed by atoms with van der Waals surface area (Å²) in [4.78, 5) is 17.1. The number of anilines is 1. The van der Waals surface area contributed by atoms with Gasteiger partial charge in [0.25, 0.3) is 5.56 Å². The Kier molecular flexibility index (Phi) is 4.14. The topological polar surface area (TPSA) is 48.1 Å². The molecule has 2 N–H and O–H groups in total. The van der Waals surface area contributed by atoms with Gasteiger partial charge in [-0.15, -0.1) is 0 Å². The van der Waals surface area contributed by atoms with Crippen LogP contribution in [0.2, 0.25) is 0 Å². The smallest absolute Gasteiger partial charge is 0.257 e. The number of pyridine rings is 1. The van der Waals surface area contributed by atoms with E-state index in [2.05, 4.69) is 43.1 Å². The molecule has 20 heavy (non-hydrogen) atoms. The maximum absolute atomic E-state index is 12.0. The van der Waals surface area contributed by atoms with E-state index in [4.69, 9.17) is 0 Å². The average molecular weight is 273 g/mol. The van der Waals surface area contributed by atoms with Crippen LogP contribution in [0.1, 0.15) is 13.8 Å². The van der Waals surface area contributed by atoms with Crippen molar-refractivity contribution in [3.63, 3.8) is 0 Å². The maximum atomic E-state index is 12.0. The summed E-state index contributed by atoms with van der Waals surface area (Å²) in [6.45, 7) is 6.20. The summed E-state index contributed by atoms with van der Waals surface area (Å²) < 4.78 is 0. The molecule has 1 aromatic heterocycles. The second-order valence-electron chi connectivity index (χ2n) is 6.35. The third-order valence-electron chi connectivity index (χ3n) is 3.26. The van der Waals surface area contributed by atoms with Crippen molar-refractivity contribution in [2.24, 2.45) is 5.41 Å². The zero-order valence-corrected chi connectivity index (χ0v) is 12.7. The predicted octanol–water partition coefficient (Wildman–Crippen LogP) is 2.53. The van der Waals surface area contributed by atoms with Gasteiger partial charge in [0.1, 0.15) is 5.82 Å². The molecule has 0 aliphatic heterocycles. The molecule has 0 fully saturated rings. The fraction of sp³-hybridized carbons (Fsp3) is 0.438. The Labute approximate surface area is 119 Å². The highest BCUT2D eigenvalue weighted by molar-refractivity contribution is 5.83. The second-order valence-corrected chi connectivity index (χ2v) is 6.35. The molecule has 0 amide bonds. The molecule has 1 aromatic carbocycles. The molecule has 4 heteroatoms. The van der Waals surface area contributed by atoms with Gasteiger partial charge in [0, 0.05) is 18.5 Å². The van der Waals surface area contributed by atoms with E-state index in [1.165, 1.54) is 0 Å². The molecule has 0 aliphatic rings. The summed E-state index contributed by atoms with van der Waals surface area (Å²) in [7, 11) is 4.14. The van der Waals surface area contributed by atoms with Crippen LogP contribution in [0.4, 0.5) is 5.82 Å². The number of benzene rings is 1. The van der Waals surface area contributed by atoms with Gasteiger partial charge >= 0.3 is 0 Å². The molecule has 0 bridgehead atoms. The molecule has 0 atom stereocenters. The lowest BCUT2D eigenvalue weighted by Gasteiger charge is -2.28. The van der Waals surface area contributed by atoms with Crippen molar-refractivity contribution >= 4 is 16.6 Å². The summed E-state index contributed by atoms with van der Waals surface area (Å²) in [6, 6.07) is 9.61. The number of aromatic amines is 1. The van der Waals surface area contributed by atoms with Crippen molar-refractivity contribution in [3.8, 4) is 0 Å². The molecule has 0 radical (unpaired) electrons. The van der Waals surface area contributed by atoms with Crippen LogP contribution >= 0.6 is 0 Å². The summed E-state index contributed by atoms with van der Waals surface area (Å²) in [6.07, 6.45) is 0. The van der Waals surface area contributed by atoms with Gasteiger partial charge in [0.2, 0.25) is 0 Å². The quantitative estimate of drug-likeness (QED) is 0.880. The third kappa shape index (κ3) is 3.61. The lowest BCUT2D eigenvalue weighted by atomic mass is 9.93. The third-order valence-corrected chi connectivity index (χ3v) is 3.26. The molecule has 2 rings (SSSR count). The Balaban J connectivity index is 2.16. The van der Waals surface area contributed by atoms with Crippen molar-refractivity contribution in [1.29, 1.82) is 0 Å². The van der Waals surface area contributed by atoms with Crippen molar-refractivity contribution < 1.29 is 0 Å². The van der Waals surface area contributed by atoms with Gasteiger partial charge in [-0.25, -0.2) is 0 Å². The number of hydrogen-bond acceptors (Lipinski definition) is 3. The SMILES string of the molecule is CN(C)CC(C)(C)CNc1cc2ccccc2c(=O)[nH]1. The van der Waals surface area contributed by atoms with E-state index < -0.39 is 0 Å². The van der Waals surface area contributed by atoms with E-state index in [0.717, 1.165) is 29.7 Å². The highest BCUT2D eigenvalue weighted by Gasteiger charge is 2.18. The van der Waals surface area contributed by atoms with Crippen molar-refractivity contribution in [2.45, 2.75) is 13.8 Å². The number of hydrogen-bond donors (Lipinski definition) is 2.